The lowest BCUT2D eigenvalue weighted by Crippen LogP contribution is -2.47. The molecule has 3 N–H and O–H groups in total. The molecule has 1 aromatic carbocycles. The first-order valence-corrected chi connectivity index (χ1v) is 13.1. The molecule has 0 aliphatic carbocycles. The highest BCUT2D eigenvalue weighted by Crippen LogP contribution is 2.25. The predicted molar refractivity (Wildman–Crippen MR) is 146 cm³/mol. The van der Waals surface area contributed by atoms with Gasteiger partial charge in [-0.2, -0.15) is 0 Å². The second kappa shape index (κ2) is 11.9. The molecule has 12 nitrogen and oxygen atoms in total. The normalized spacial score (nSPS) is 16.7. The van der Waals surface area contributed by atoms with Crippen molar-refractivity contribution in [3.8, 4) is 23.0 Å². The van der Waals surface area contributed by atoms with Gasteiger partial charge < -0.3 is 30.0 Å². The standard InChI is InChI=1S/C28H31N7O5/c1-34-14-5-7-22(34)25-33-32-24-11-8-18(17-35(24)25)26(36)31-21-6-3-4-12-29-27(37)20-10-9-19(39-2)16-23(20)40-15-13-30-28(21)38/h5,7-11,14,16-17,21H,3-4,6,12-13,15H2,1-2H3,(H,29,37)(H,30,38)(H,31,36)/t21-/m0/s1. The summed E-state index contributed by atoms with van der Waals surface area (Å²) in [7, 11) is 3.44. The maximum absolute atomic E-state index is 13.3. The average molecular weight is 546 g/mol. The van der Waals surface area contributed by atoms with Crippen LogP contribution in [0.2, 0.25) is 0 Å². The number of benzene rings is 1. The number of rotatable bonds is 4. The third kappa shape index (κ3) is 5.75. The smallest absolute Gasteiger partial charge is 0.255 e. The Morgan fingerprint density at radius 1 is 1.10 bits per heavy atom. The zero-order valence-electron chi connectivity index (χ0n) is 22.3. The summed E-state index contributed by atoms with van der Waals surface area (Å²) >= 11 is 0. The van der Waals surface area contributed by atoms with Crippen molar-refractivity contribution in [3.05, 3.63) is 66.0 Å². The Morgan fingerprint density at radius 3 is 2.77 bits per heavy atom. The predicted octanol–water partition coefficient (Wildman–Crippen LogP) is 1.95. The van der Waals surface area contributed by atoms with Gasteiger partial charge in [0.05, 0.1) is 30.5 Å². The lowest BCUT2D eigenvalue weighted by atomic mass is 10.1. The van der Waals surface area contributed by atoms with E-state index in [1.165, 1.54) is 7.11 Å². The van der Waals surface area contributed by atoms with E-state index in [0.29, 0.717) is 59.9 Å². The Kier molecular flexibility index (Phi) is 7.94. The van der Waals surface area contributed by atoms with Crippen molar-refractivity contribution in [2.75, 3.05) is 26.8 Å². The van der Waals surface area contributed by atoms with E-state index in [9.17, 15) is 14.4 Å². The molecule has 0 saturated carbocycles. The first-order valence-electron chi connectivity index (χ1n) is 13.1. The molecule has 4 heterocycles. The number of carbonyl (C=O) groups excluding carboxylic acids is 3. The minimum Gasteiger partial charge on any atom is -0.497 e. The second-order valence-corrected chi connectivity index (χ2v) is 9.45. The van der Waals surface area contributed by atoms with E-state index in [1.54, 1.807) is 40.9 Å². The number of aryl methyl sites for hydroxylation is 1. The summed E-state index contributed by atoms with van der Waals surface area (Å²) in [5.41, 5.74) is 2.22. The van der Waals surface area contributed by atoms with Crippen LogP contribution in [-0.2, 0) is 11.8 Å². The van der Waals surface area contributed by atoms with E-state index in [1.807, 2.05) is 29.9 Å². The monoisotopic (exact) mass is 545 g/mol. The lowest BCUT2D eigenvalue weighted by Gasteiger charge is -2.20. The van der Waals surface area contributed by atoms with Gasteiger partial charge in [-0.1, -0.05) is 0 Å². The molecule has 40 heavy (non-hydrogen) atoms. The molecule has 1 atom stereocenters. The molecule has 12 heteroatoms. The van der Waals surface area contributed by atoms with Crippen molar-refractivity contribution >= 4 is 23.4 Å². The van der Waals surface area contributed by atoms with E-state index < -0.39 is 6.04 Å². The summed E-state index contributed by atoms with van der Waals surface area (Å²) in [5.74, 6) is 0.586. The number of ether oxygens (including phenoxy) is 2. The van der Waals surface area contributed by atoms with Crippen LogP contribution in [0.4, 0.5) is 0 Å². The number of pyridine rings is 1. The molecule has 5 rings (SSSR count). The SMILES string of the molecule is COc1ccc2c(c1)OCCNC(=O)[C@@H](NC(=O)c1ccc3nnc(-c4cccn4C)n3c1)CCCCNC2=O. The molecule has 4 aromatic rings. The summed E-state index contributed by atoms with van der Waals surface area (Å²) < 4.78 is 14.7. The van der Waals surface area contributed by atoms with Crippen LogP contribution < -0.4 is 25.4 Å². The molecule has 0 fully saturated rings. The zero-order valence-corrected chi connectivity index (χ0v) is 22.3. The largest absolute Gasteiger partial charge is 0.497 e. The fraction of sp³-hybridized carbons (Fsp3) is 0.321. The van der Waals surface area contributed by atoms with Crippen molar-refractivity contribution in [3.63, 3.8) is 0 Å². The molecule has 1 aliphatic rings. The van der Waals surface area contributed by atoms with Gasteiger partial charge in [-0.15, -0.1) is 10.2 Å². The van der Waals surface area contributed by atoms with Crippen LogP contribution in [0.25, 0.3) is 17.2 Å². The van der Waals surface area contributed by atoms with Crippen LogP contribution in [0.5, 0.6) is 11.5 Å². The summed E-state index contributed by atoms with van der Waals surface area (Å²) in [6.07, 6.45) is 5.23. The summed E-state index contributed by atoms with van der Waals surface area (Å²) in [4.78, 5) is 39.0. The Balaban J connectivity index is 1.29. The Labute approximate surface area is 230 Å². The van der Waals surface area contributed by atoms with Gasteiger partial charge in [-0.3, -0.25) is 18.8 Å². The number of hydrogen-bond acceptors (Lipinski definition) is 7. The van der Waals surface area contributed by atoms with Gasteiger partial charge in [0.1, 0.15) is 24.1 Å². The van der Waals surface area contributed by atoms with Crippen LogP contribution in [0.1, 0.15) is 40.0 Å². The molecule has 0 spiro atoms. The minimum absolute atomic E-state index is 0.131. The first-order chi connectivity index (χ1) is 19.4. The zero-order chi connectivity index (χ0) is 28.1. The number of nitrogens with one attached hydrogen (secondary N) is 3. The van der Waals surface area contributed by atoms with Crippen molar-refractivity contribution in [2.45, 2.75) is 25.3 Å². The number of hydrogen-bond donors (Lipinski definition) is 3. The number of carbonyl (C=O) groups is 3. The molecule has 3 amide bonds. The van der Waals surface area contributed by atoms with Crippen LogP contribution in [-0.4, -0.2) is 69.7 Å². The van der Waals surface area contributed by atoms with E-state index >= 15 is 0 Å². The topological polar surface area (TPSA) is 141 Å². The molecule has 0 unspecified atom stereocenters. The number of amides is 3. The van der Waals surface area contributed by atoms with Crippen molar-refractivity contribution in [2.24, 2.45) is 7.05 Å². The Bertz CT molecular complexity index is 1540. The molecular formula is C28H31N7O5. The first kappa shape index (κ1) is 26.7. The highest BCUT2D eigenvalue weighted by Gasteiger charge is 2.23. The van der Waals surface area contributed by atoms with Gasteiger partial charge in [-0.25, -0.2) is 0 Å². The van der Waals surface area contributed by atoms with E-state index in [4.69, 9.17) is 9.47 Å². The Morgan fingerprint density at radius 2 is 1.98 bits per heavy atom. The average Bonchev–Trinajstić information content (AvgIpc) is 3.58. The number of nitrogens with zero attached hydrogens (tertiary/aromatic N) is 4. The molecule has 3 aromatic heterocycles. The van der Waals surface area contributed by atoms with Gasteiger partial charge in [0.25, 0.3) is 11.8 Å². The maximum atomic E-state index is 13.3. The van der Waals surface area contributed by atoms with Gasteiger partial charge in [0.15, 0.2) is 11.5 Å². The van der Waals surface area contributed by atoms with Gasteiger partial charge in [0.2, 0.25) is 5.91 Å². The molecule has 0 bridgehead atoms. The number of fused-ring (bicyclic) bond motifs is 2. The fourth-order valence-electron chi connectivity index (χ4n) is 4.57. The number of aromatic nitrogens is 4. The highest BCUT2D eigenvalue weighted by atomic mass is 16.5. The van der Waals surface area contributed by atoms with Gasteiger partial charge >= 0.3 is 0 Å². The molecule has 0 radical (unpaired) electrons. The van der Waals surface area contributed by atoms with E-state index in [2.05, 4.69) is 26.1 Å². The third-order valence-corrected chi connectivity index (χ3v) is 6.76. The number of methoxy groups -OCH3 is 1. The summed E-state index contributed by atoms with van der Waals surface area (Å²) in [5, 5.41) is 17.1. The van der Waals surface area contributed by atoms with Gasteiger partial charge in [0, 0.05) is 32.1 Å². The Hall–Kier alpha value is -4.87. The highest BCUT2D eigenvalue weighted by molar-refractivity contribution is 5.98. The van der Waals surface area contributed by atoms with Crippen LogP contribution in [0.3, 0.4) is 0 Å². The third-order valence-electron chi connectivity index (χ3n) is 6.76. The van der Waals surface area contributed by atoms with E-state index in [-0.39, 0.29) is 30.9 Å². The van der Waals surface area contributed by atoms with Crippen molar-refractivity contribution in [1.29, 1.82) is 0 Å². The van der Waals surface area contributed by atoms with E-state index in [0.717, 1.165) is 5.69 Å². The molecule has 1 aliphatic heterocycles. The van der Waals surface area contributed by atoms with Gasteiger partial charge in [-0.05, 0) is 55.7 Å². The lowest BCUT2D eigenvalue weighted by molar-refractivity contribution is -0.123. The summed E-state index contributed by atoms with van der Waals surface area (Å²) in [6.45, 7) is 0.737. The van der Waals surface area contributed by atoms with Crippen LogP contribution in [0, 0.1) is 0 Å². The van der Waals surface area contributed by atoms with Crippen molar-refractivity contribution < 1.29 is 23.9 Å². The maximum Gasteiger partial charge on any atom is 0.255 e. The molecule has 0 saturated heterocycles. The van der Waals surface area contributed by atoms with Crippen LogP contribution >= 0.6 is 0 Å². The second-order valence-electron chi connectivity index (χ2n) is 9.45. The fourth-order valence-corrected chi connectivity index (χ4v) is 4.57. The van der Waals surface area contributed by atoms with Crippen LogP contribution in [0.15, 0.2) is 54.9 Å². The quantitative estimate of drug-likeness (QED) is 0.356. The molecular weight excluding hydrogens is 514 g/mol. The minimum atomic E-state index is -0.762. The summed E-state index contributed by atoms with van der Waals surface area (Å²) in [6, 6.07) is 11.4. The molecule has 208 valence electrons. The van der Waals surface area contributed by atoms with Crippen molar-refractivity contribution in [1.82, 2.24) is 35.1 Å².